The fourth-order valence-electron chi connectivity index (χ4n) is 2.81. The Morgan fingerprint density at radius 2 is 2.17 bits per heavy atom. The number of ether oxygens (including phenoxy) is 2. The van der Waals surface area contributed by atoms with Gasteiger partial charge in [-0.3, -0.25) is 4.98 Å². The molecule has 1 atom stereocenters. The largest absolute Gasteiger partial charge is 0.488 e. The highest BCUT2D eigenvalue weighted by molar-refractivity contribution is 5.84. The molecule has 0 radical (unpaired) electrons. The van der Waals surface area contributed by atoms with E-state index >= 15 is 0 Å². The number of amides is 1. The van der Waals surface area contributed by atoms with Gasteiger partial charge in [0.1, 0.15) is 17.5 Å². The molecule has 2 heterocycles. The SMILES string of the molecule is CC[C@@H]1CN(C(=O)OC(C)(C)C)Cc2cc3ccncc3cc2O1. The van der Waals surface area contributed by atoms with Crippen LogP contribution < -0.4 is 4.74 Å². The van der Waals surface area contributed by atoms with Gasteiger partial charge in [-0.15, -0.1) is 0 Å². The lowest BCUT2D eigenvalue weighted by Gasteiger charge is -2.27. The molecule has 1 aliphatic heterocycles. The topological polar surface area (TPSA) is 51.7 Å². The van der Waals surface area contributed by atoms with Crippen LogP contribution in [0.1, 0.15) is 39.7 Å². The number of carbonyl (C=O) groups is 1. The van der Waals surface area contributed by atoms with Gasteiger partial charge in [-0.1, -0.05) is 6.92 Å². The Morgan fingerprint density at radius 1 is 1.38 bits per heavy atom. The lowest BCUT2D eigenvalue weighted by molar-refractivity contribution is 0.0177. The summed E-state index contributed by atoms with van der Waals surface area (Å²) in [6.07, 6.45) is 4.08. The van der Waals surface area contributed by atoms with E-state index in [0.717, 1.165) is 28.5 Å². The molecule has 24 heavy (non-hydrogen) atoms. The fraction of sp³-hybridized carbons (Fsp3) is 0.474. The molecule has 0 spiro atoms. The molecule has 2 aromatic rings. The fourth-order valence-corrected chi connectivity index (χ4v) is 2.81. The van der Waals surface area contributed by atoms with Crippen LogP contribution in [0.5, 0.6) is 5.75 Å². The summed E-state index contributed by atoms with van der Waals surface area (Å²) in [5.74, 6) is 0.827. The molecular formula is C19H24N2O3. The second-order valence-corrected chi connectivity index (χ2v) is 7.19. The van der Waals surface area contributed by atoms with Crippen LogP contribution in [0.4, 0.5) is 4.79 Å². The molecule has 3 rings (SSSR count). The van der Waals surface area contributed by atoms with E-state index in [1.807, 2.05) is 39.1 Å². The van der Waals surface area contributed by atoms with Crippen molar-refractivity contribution >= 4 is 16.9 Å². The predicted molar refractivity (Wildman–Crippen MR) is 93.1 cm³/mol. The van der Waals surface area contributed by atoms with Gasteiger partial charge in [-0.05, 0) is 50.8 Å². The third-order valence-electron chi connectivity index (χ3n) is 4.01. The number of aromatic nitrogens is 1. The second kappa shape index (κ2) is 6.30. The summed E-state index contributed by atoms with van der Waals surface area (Å²) in [7, 11) is 0. The van der Waals surface area contributed by atoms with Crippen molar-refractivity contribution in [3.63, 3.8) is 0 Å². The first-order chi connectivity index (χ1) is 11.4. The summed E-state index contributed by atoms with van der Waals surface area (Å²) in [6, 6.07) is 6.05. The van der Waals surface area contributed by atoms with Crippen LogP contribution >= 0.6 is 0 Å². The Balaban J connectivity index is 1.95. The average Bonchev–Trinajstić information content (AvgIpc) is 2.69. The van der Waals surface area contributed by atoms with E-state index in [0.29, 0.717) is 13.1 Å². The van der Waals surface area contributed by atoms with Crippen molar-refractivity contribution < 1.29 is 14.3 Å². The number of pyridine rings is 1. The Kier molecular flexibility index (Phi) is 4.35. The summed E-state index contributed by atoms with van der Waals surface area (Å²) < 4.78 is 11.7. The van der Waals surface area contributed by atoms with Crippen molar-refractivity contribution in [2.45, 2.75) is 52.4 Å². The van der Waals surface area contributed by atoms with Gasteiger partial charge in [-0.25, -0.2) is 4.79 Å². The normalized spacial score (nSPS) is 17.8. The van der Waals surface area contributed by atoms with Crippen LogP contribution in [0.2, 0.25) is 0 Å². The highest BCUT2D eigenvalue weighted by Gasteiger charge is 2.29. The third-order valence-corrected chi connectivity index (χ3v) is 4.01. The number of hydrogen-bond acceptors (Lipinski definition) is 4. The van der Waals surface area contributed by atoms with Gasteiger partial charge >= 0.3 is 6.09 Å². The van der Waals surface area contributed by atoms with Gasteiger partial charge in [-0.2, -0.15) is 0 Å². The molecule has 1 amide bonds. The van der Waals surface area contributed by atoms with Crippen molar-refractivity contribution in [1.82, 2.24) is 9.88 Å². The zero-order chi connectivity index (χ0) is 17.3. The lowest BCUT2D eigenvalue weighted by atomic mass is 10.1. The van der Waals surface area contributed by atoms with E-state index in [4.69, 9.17) is 9.47 Å². The van der Waals surface area contributed by atoms with Crippen molar-refractivity contribution in [2.24, 2.45) is 0 Å². The Morgan fingerprint density at radius 3 is 2.88 bits per heavy atom. The highest BCUT2D eigenvalue weighted by atomic mass is 16.6. The summed E-state index contributed by atoms with van der Waals surface area (Å²) in [5, 5.41) is 2.13. The van der Waals surface area contributed by atoms with E-state index < -0.39 is 5.60 Å². The van der Waals surface area contributed by atoms with E-state index in [-0.39, 0.29) is 12.2 Å². The van der Waals surface area contributed by atoms with E-state index in [1.165, 1.54) is 0 Å². The number of rotatable bonds is 1. The maximum atomic E-state index is 12.5. The van der Waals surface area contributed by atoms with Gasteiger partial charge in [0, 0.05) is 23.3 Å². The summed E-state index contributed by atoms with van der Waals surface area (Å²) in [4.78, 5) is 18.4. The van der Waals surface area contributed by atoms with Gasteiger partial charge in [0.2, 0.25) is 0 Å². The second-order valence-electron chi connectivity index (χ2n) is 7.19. The first-order valence-electron chi connectivity index (χ1n) is 8.37. The number of nitrogens with zero attached hydrogens (tertiary/aromatic N) is 2. The lowest BCUT2D eigenvalue weighted by Crippen LogP contribution is -2.40. The number of benzene rings is 1. The molecule has 0 fully saturated rings. The first kappa shape index (κ1) is 16.6. The molecule has 1 aromatic carbocycles. The van der Waals surface area contributed by atoms with Crippen molar-refractivity contribution in [2.75, 3.05) is 6.54 Å². The van der Waals surface area contributed by atoms with E-state index in [2.05, 4.69) is 18.0 Å². The molecule has 0 saturated heterocycles. The minimum Gasteiger partial charge on any atom is -0.488 e. The summed E-state index contributed by atoms with van der Waals surface area (Å²) in [6.45, 7) is 8.71. The van der Waals surface area contributed by atoms with Gasteiger partial charge in [0.25, 0.3) is 0 Å². The minimum absolute atomic E-state index is 0.0483. The highest BCUT2D eigenvalue weighted by Crippen LogP contribution is 2.31. The van der Waals surface area contributed by atoms with Crippen molar-refractivity contribution in [1.29, 1.82) is 0 Å². The van der Waals surface area contributed by atoms with Gasteiger partial charge < -0.3 is 14.4 Å². The molecule has 5 nitrogen and oxygen atoms in total. The third kappa shape index (κ3) is 3.61. The van der Waals surface area contributed by atoms with Crippen molar-refractivity contribution in [3.8, 4) is 5.75 Å². The van der Waals surface area contributed by atoms with E-state index in [1.54, 1.807) is 11.1 Å². The first-order valence-corrected chi connectivity index (χ1v) is 8.37. The minimum atomic E-state index is -0.510. The van der Waals surface area contributed by atoms with Crippen LogP contribution in [-0.2, 0) is 11.3 Å². The molecule has 0 saturated carbocycles. The molecule has 1 aliphatic rings. The maximum Gasteiger partial charge on any atom is 0.410 e. The van der Waals surface area contributed by atoms with Gasteiger partial charge in [0.05, 0.1) is 13.1 Å². The molecular weight excluding hydrogens is 304 g/mol. The molecule has 1 aromatic heterocycles. The average molecular weight is 328 g/mol. The maximum absolute atomic E-state index is 12.5. The summed E-state index contributed by atoms with van der Waals surface area (Å²) in [5.41, 5.74) is 0.486. The molecule has 128 valence electrons. The molecule has 0 unspecified atom stereocenters. The Bertz CT molecular complexity index is 752. The summed E-state index contributed by atoms with van der Waals surface area (Å²) >= 11 is 0. The Hall–Kier alpha value is -2.30. The number of hydrogen-bond donors (Lipinski definition) is 0. The van der Waals surface area contributed by atoms with Gasteiger partial charge in [0.15, 0.2) is 0 Å². The molecule has 5 heteroatoms. The molecule has 0 N–H and O–H groups in total. The molecule has 0 aliphatic carbocycles. The van der Waals surface area contributed by atoms with Crippen LogP contribution in [-0.4, -0.2) is 34.2 Å². The number of carbonyl (C=O) groups excluding carboxylic acids is 1. The van der Waals surface area contributed by atoms with Crippen LogP contribution in [0.3, 0.4) is 0 Å². The van der Waals surface area contributed by atoms with Crippen LogP contribution in [0.15, 0.2) is 30.6 Å². The van der Waals surface area contributed by atoms with Crippen LogP contribution in [0.25, 0.3) is 10.8 Å². The van der Waals surface area contributed by atoms with Crippen LogP contribution in [0, 0.1) is 0 Å². The zero-order valence-electron chi connectivity index (χ0n) is 14.7. The monoisotopic (exact) mass is 328 g/mol. The number of fused-ring (bicyclic) bond motifs is 2. The quantitative estimate of drug-likeness (QED) is 0.789. The smallest absolute Gasteiger partial charge is 0.410 e. The zero-order valence-corrected chi connectivity index (χ0v) is 14.7. The predicted octanol–water partition coefficient (Wildman–Crippen LogP) is 4.14. The molecule has 0 bridgehead atoms. The Labute approximate surface area is 142 Å². The van der Waals surface area contributed by atoms with E-state index in [9.17, 15) is 4.79 Å². The van der Waals surface area contributed by atoms with Crippen molar-refractivity contribution in [3.05, 3.63) is 36.2 Å². The standard InChI is InChI=1S/C19H24N2O3/c1-5-16-12-21(18(22)24-19(2,3)4)11-15-8-13-6-7-20-10-14(13)9-17(15)23-16/h6-10,16H,5,11-12H2,1-4H3/t16-/m1/s1.